The number of halogens is 1. The summed E-state index contributed by atoms with van der Waals surface area (Å²) in [6.45, 7) is 0.409. The van der Waals surface area contributed by atoms with Crippen LogP contribution in [0.4, 0.5) is 0 Å². The Bertz CT molecular complexity index is 787. The Morgan fingerprint density at radius 3 is 2.69 bits per heavy atom. The molecule has 7 heteroatoms. The molecule has 0 aliphatic heterocycles. The van der Waals surface area contributed by atoms with Gasteiger partial charge in [0.2, 0.25) is 0 Å². The third-order valence-electron chi connectivity index (χ3n) is 4.63. The van der Waals surface area contributed by atoms with Crippen molar-refractivity contribution in [2.45, 2.75) is 44.7 Å². The van der Waals surface area contributed by atoms with Gasteiger partial charge in [-0.2, -0.15) is 0 Å². The lowest BCUT2D eigenvalue weighted by Crippen LogP contribution is -2.41. The van der Waals surface area contributed by atoms with Gasteiger partial charge in [0.25, 0.3) is 5.91 Å². The Hall–Kier alpha value is -1.73. The van der Waals surface area contributed by atoms with Gasteiger partial charge in [0.15, 0.2) is 5.69 Å². The first-order chi connectivity index (χ1) is 12.6. The van der Waals surface area contributed by atoms with Crippen LogP contribution in [0, 0.1) is 0 Å². The fraction of sp³-hybridized carbons (Fsp3) is 0.421. The number of hydrogen-bond acceptors (Lipinski definition) is 5. The van der Waals surface area contributed by atoms with Crippen molar-refractivity contribution in [3.05, 3.63) is 50.4 Å². The van der Waals surface area contributed by atoms with Crippen LogP contribution in [0.25, 0.3) is 0 Å². The largest absolute Gasteiger partial charge is 0.464 e. The second kappa shape index (κ2) is 8.77. The molecular formula is C19H21BrN2O3S. The SMILES string of the molecule is COC(=O)c1csc(CN(C(=O)c2ccccc2Br)C2CCCCC2)n1. The summed E-state index contributed by atoms with van der Waals surface area (Å²) < 4.78 is 5.51. The van der Waals surface area contributed by atoms with Crippen molar-refractivity contribution in [1.29, 1.82) is 0 Å². The van der Waals surface area contributed by atoms with E-state index in [4.69, 9.17) is 4.74 Å². The van der Waals surface area contributed by atoms with Gasteiger partial charge in [-0.05, 0) is 40.9 Å². The average molecular weight is 437 g/mol. The third-order valence-corrected chi connectivity index (χ3v) is 6.16. The van der Waals surface area contributed by atoms with E-state index in [0.29, 0.717) is 17.8 Å². The van der Waals surface area contributed by atoms with Gasteiger partial charge in [-0.25, -0.2) is 9.78 Å². The van der Waals surface area contributed by atoms with Gasteiger partial charge >= 0.3 is 5.97 Å². The number of esters is 1. The van der Waals surface area contributed by atoms with Crippen molar-refractivity contribution in [2.75, 3.05) is 7.11 Å². The van der Waals surface area contributed by atoms with E-state index in [-0.39, 0.29) is 11.9 Å². The van der Waals surface area contributed by atoms with Crippen LogP contribution in [0.2, 0.25) is 0 Å². The average Bonchev–Trinajstić information content (AvgIpc) is 3.15. The lowest BCUT2D eigenvalue weighted by atomic mass is 9.93. The van der Waals surface area contributed by atoms with Crippen molar-refractivity contribution < 1.29 is 14.3 Å². The molecule has 0 N–H and O–H groups in total. The highest BCUT2D eigenvalue weighted by Crippen LogP contribution is 2.28. The van der Waals surface area contributed by atoms with Crippen LogP contribution >= 0.6 is 27.3 Å². The maximum atomic E-state index is 13.2. The molecule has 138 valence electrons. The van der Waals surface area contributed by atoms with Crippen LogP contribution in [-0.2, 0) is 11.3 Å². The smallest absolute Gasteiger partial charge is 0.357 e. The predicted octanol–water partition coefficient (Wildman–Crippen LogP) is 4.67. The van der Waals surface area contributed by atoms with Gasteiger partial charge in [-0.15, -0.1) is 11.3 Å². The van der Waals surface area contributed by atoms with Crippen LogP contribution < -0.4 is 0 Å². The maximum absolute atomic E-state index is 13.2. The van der Waals surface area contributed by atoms with Gasteiger partial charge in [0.1, 0.15) is 5.01 Å². The second-order valence-electron chi connectivity index (χ2n) is 6.32. The van der Waals surface area contributed by atoms with Crippen molar-refractivity contribution in [3.8, 4) is 0 Å². The summed E-state index contributed by atoms with van der Waals surface area (Å²) in [5, 5.41) is 2.43. The number of hydrogen-bond donors (Lipinski definition) is 0. The molecule has 1 saturated carbocycles. The second-order valence-corrected chi connectivity index (χ2v) is 8.12. The highest BCUT2D eigenvalue weighted by atomic mass is 79.9. The summed E-state index contributed by atoms with van der Waals surface area (Å²) in [5.41, 5.74) is 0.951. The first kappa shape index (κ1) is 19.0. The Balaban J connectivity index is 1.86. The van der Waals surface area contributed by atoms with Gasteiger partial charge < -0.3 is 9.64 Å². The van der Waals surface area contributed by atoms with E-state index in [1.807, 2.05) is 29.2 Å². The van der Waals surface area contributed by atoms with Crippen LogP contribution in [0.1, 0.15) is 58.0 Å². The Labute approximate surface area is 165 Å². The molecule has 26 heavy (non-hydrogen) atoms. The van der Waals surface area contributed by atoms with E-state index in [1.54, 1.807) is 5.38 Å². The minimum atomic E-state index is -0.450. The van der Waals surface area contributed by atoms with Crippen molar-refractivity contribution >= 4 is 39.1 Å². The Morgan fingerprint density at radius 1 is 1.27 bits per heavy atom. The van der Waals surface area contributed by atoms with E-state index in [0.717, 1.165) is 35.2 Å². The highest BCUT2D eigenvalue weighted by Gasteiger charge is 2.28. The summed E-state index contributed by atoms with van der Waals surface area (Å²) in [7, 11) is 1.34. The summed E-state index contributed by atoms with van der Waals surface area (Å²) in [6.07, 6.45) is 5.50. The molecule has 0 radical (unpaired) electrons. The monoisotopic (exact) mass is 436 g/mol. The molecule has 1 amide bonds. The Morgan fingerprint density at radius 2 is 2.00 bits per heavy atom. The Kier molecular flexibility index (Phi) is 6.43. The van der Waals surface area contributed by atoms with E-state index < -0.39 is 5.97 Å². The predicted molar refractivity (Wildman–Crippen MR) is 104 cm³/mol. The lowest BCUT2D eigenvalue weighted by Gasteiger charge is -2.34. The number of amides is 1. The number of aromatic nitrogens is 1. The van der Waals surface area contributed by atoms with E-state index >= 15 is 0 Å². The standard InChI is InChI=1S/C19H21BrN2O3S/c1-25-19(24)16-12-26-17(21-16)11-22(13-7-3-2-4-8-13)18(23)14-9-5-6-10-15(14)20/h5-6,9-10,12-13H,2-4,7-8,11H2,1H3. The number of nitrogens with zero attached hydrogens (tertiary/aromatic N) is 2. The van der Waals surface area contributed by atoms with Crippen molar-refractivity contribution in [3.63, 3.8) is 0 Å². The number of benzene rings is 1. The molecule has 0 saturated heterocycles. The molecule has 1 aliphatic rings. The molecule has 3 rings (SSSR count). The summed E-state index contributed by atoms with van der Waals surface area (Å²) >= 11 is 4.87. The molecule has 1 fully saturated rings. The summed E-state index contributed by atoms with van der Waals surface area (Å²) in [5.74, 6) is -0.451. The minimum absolute atomic E-state index is 0.000747. The quantitative estimate of drug-likeness (QED) is 0.638. The highest BCUT2D eigenvalue weighted by molar-refractivity contribution is 9.10. The molecule has 5 nitrogen and oxygen atoms in total. The number of thiazole rings is 1. The normalized spacial score (nSPS) is 14.8. The zero-order chi connectivity index (χ0) is 18.5. The van der Waals surface area contributed by atoms with E-state index in [1.165, 1.54) is 24.9 Å². The van der Waals surface area contributed by atoms with E-state index in [2.05, 4.69) is 20.9 Å². The number of carbonyl (C=O) groups excluding carboxylic acids is 2. The van der Waals surface area contributed by atoms with Crippen LogP contribution in [0.3, 0.4) is 0 Å². The molecule has 0 bridgehead atoms. The number of rotatable bonds is 5. The molecule has 1 heterocycles. The lowest BCUT2D eigenvalue weighted by molar-refractivity contribution is 0.0594. The van der Waals surface area contributed by atoms with Crippen molar-refractivity contribution in [1.82, 2.24) is 9.88 Å². The summed E-state index contributed by atoms with van der Waals surface area (Å²) in [6, 6.07) is 7.69. The molecular weight excluding hydrogens is 416 g/mol. The van der Waals surface area contributed by atoms with Crippen molar-refractivity contribution in [2.24, 2.45) is 0 Å². The fourth-order valence-electron chi connectivity index (χ4n) is 3.28. The van der Waals surface area contributed by atoms with Crippen LogP contribution in [0.5, 0.6) is 0 Å². The minimum Gasteiger partial charge on any atom is -0.464 e. The molecule has 2 aromatic rings. The van der Waals surface area contributed by atoms with Gasteiger partial charge in [0, 0.05) is 15.9 Å². The zero-order valence-corrected chi connectivity index (χ0v) is 17.0. The van der Waals surface area contributed by atoms with Crippen LogP contribution in [0.15, 0.2) is 34.1 Å². The zero-order valence-electron chi connectivity index (χ0n) is 14.6. The van der Waals surface area contributed by atoms with Crippen LogP contribution in [-0.4, -0.2) is 34.9 Å². The van der Waals surface area contributed by atoms with Gasteiger partial charge in [0.05, 0.1) is 19.2 Å². The maximum Gasteiger partial charge on any atom is 0.357 e. The molecule has 0 unspecified atom stereocenters. The van der Waals surface area contributed by atoms with E-state index in [9.17, 15) is 9.59 Å². The van der Waals surface area contributed by atoms with Gasteiger partial charge in [-0.3, -0.25) is 4.79 Å². The van der Waals surface area contributed by atoms with Gasteiger partial charge in [-0.1, -0.05) is 31.4 Å². The third kappa shape index (κ3) is 4.32. The number of ether oxygens (including phenoxy) is 1. The first-order valence-corrected chi connectivity index (χ1v) is 10.4. The molecule has 1 aliphatic carbocycles. The molecule has 0 spiro atoms. The molecule has 0 atom stereocenters. The topological polar surface area (TPSA) is 59.5 Å². The number of carbonyl (C=O) groups is 2. The molecule has 1 aromatic heterocycles. The summed E-state index contributed by atoms with van der Waals surface area (Å²) in [4.78, 5) is 31.2. The number of methoxy groups -OCH3 is 1. The fourth-order valence-corrected chi connectivity index (χ4v) is 4.49. The molecule has 1 aromatic carbocycles. The first-order valence-electron chi connectivity index (χ1n) is 8.68.